The van der Waals surface area contributed by atoms with E-state index in [9.17, 15) is 0 Å². The van der Waals surface area contributed by atoms with Crippen LogP contribution in [0.25, 0.3) is 114 Å². The number of fused-ring (bicyclic) bond motifs is 9. The van der Waals surface area contributed by atoms with Gasteiger partial charge in [0.15, 0.2) is 0 Å². The van der Waals surface area contributed by atoms with Gasteiger partial charge < -0.3 is 4.57 Å². The normalized spacial score (nSPS) is 11.8. The highest BCUT2D eigenvalue weighted by molar-refractivity contribution is 7.26. The predicted molar refractivity (Wildman–Crippen MR) is 250 cm³/mol. The Morgan fingerprint density at radius 3 is 1.60 bits per heavy atom. The highest BCUT2D eigenvalue weighted by atomic mass is 32.1. The minimum atomic E-state index is 1.16. The minimum Gasteiger partial charge on any atom is -0.309 e. The van der Waals surface area contributed by atoms with Crippen molar-refractivity contribution in [3.05, 3.63) is 212 Å². The average Bonchev–Trinajstić information content (AvgIpc) is 3.85. The maximum absolute atomic E-state index is 2.40. The lowest BCUT2D eigenvalue weighted by atomic mass is 9.92. The number of aromatic nitrogens is 1. The van der Waals surface area contributed by atoms with E-state index in [-0.39, 0.29) is 0 Å². The van der Waals surface area contributed by atoms with E-state index in [2.05, 4.69) is 217 Å². The molecule has 0 unspecified atom stereocenters. The Balaban J connectivity index is 0.869. The van der Waals surface area contributed by atoms with Gasteiger partial charge in [-0.15, -0.1) is 11.3 Å². The third-order valence-electron chi connectivity index (χ3n) is 12.0. The quantitative estimate of drug-likeness (QED) is 0.154. The van der Waals surface area contributed by atoms with Crippen LogP contribution < -0.4 is 0 Å². The van der Waals surface area contributed by atoms with Crippen molar-refractivity contribution in [2.75, 3.05) is 0 Å². The van der Waals surface area contributed by atoms with Crippen LogP contribution in [0.3, 0.4) is 0 Å². The Labute approximate surface area is 340 Å². The van der Waals surface area contributed by atoms with Crippen LogP contribution in [0.5, 0.6) is 0 Å². The van der Waals surface area contributed by atoms with Crippen molar-refractivity contribution in [1.29, 1.82) is 0 Å². The predicted octanol–water partition coefficient (Wildman–Crippen LogP) is 16.1. The van der Waals surface area contributed by atoms with E-state index in [1.165, 1.54) is 108 Å². The van der Waals surface area contributed by atoms with Gasteiger partial charge in [0.05, 0.1) is 11.0 Å². The smallest absolute Gasteiger partial charge is 0.0541 e. The second kappa shape index (κ2) is 13.2. The third kappa shape index (κ3) is 5.23. The lowest BCUT2D eigenvalue weighted by Gasteiger charge is -2.12. The highest BCUT2D eigenvalue weighted by Gasteiger charge is 2.15. The van der Waals surface area contributed by atoms with Crippen LogP contribution in [0.2, 0.25) is 0 Å². The Bertz CT molecular complexity index is 3530. The summed E-state index contributed by atoms with van der Waals surface area (Å²) in [6, 6.07) is 78.1. The van der Waals surface area contributed by atoms with Gasteiger partial charge in [-0.1, -0.05) is 170 Å². The zero-order valence-electron chi connectivity index (χ0n) is 31.6. The molecule has 12 rings (SSSR count). The molecule has 0 saturated carbocycles. The third-order valence-corrected chi connectivity index (χ3v) is 13.2. The summed E-state index contributed by atoms with van der Waals surface area (Å²) in [6.07, 6.45) is 0. The molecular formula is C56H35NS. The van der Waals surface area contributed by atoms with Gasteiger partial charge in [-0.3, -0.25) is 0 Å². The molecule has 0 spiro atoms. The molecule has 0 bridgehead atoms. The maximum Gasteiger partial charge on any atom is 0.0541 e. The zero-order valence-corrected chi connectivity index (χ0v) is 32.4. The molecular weight excluding hydrogens is 719 g/mol. The maximum atomic E-state index is 2.40. The van der Waals surface area contributed by atoms with Gasteiger partial charge in [0.2, 0.25) is 0 Å². The van der Waals surface area contributed by atoms with Crippen LogP contribution in [0.4, 0.5) is 0 Å². The largest absolute Gasteiger partial charge is 0.309 e. The number of thiophene rings is 1. The molecule has 0 aliphatic rings. The lowest BCUT2D eigenvalue weighted by molar-refractivity contribution is 1.18. The van der Waals surface area contributed by atoms with Crippen molar-refractivity contribution in [2.24, 2.45) is 0 Å². The molecule has 2 heterocycles. The van der Waals surface area contributed by atoms with E-state index in [0.717, 1.165) is 5.69 Å². The van der Waals surface area contributed by atoms with E-state index in [0.29, 0.717) is 0 Å². The molecule has 270 valence electrons. The van der Waals surface area contributed by atoms with Gasteiger partial charge in [-0.05, 0) is 109 Å². The van der Waals surface area contributed by atoms with Crippen molar-refractivity contribution in [3.8, 4) is 50.2 Å². The van der Waals surface area contributed by atoms with E-state index < -0.39 is 0 Å². The SMILES string of the molecule is c1ccc2c(c1)cc(-c1ccc(-c3ccc4c(c3)c3ccccc3n4-c3ccc(-c4ccc(-c5cccc6c5sc5ccccc56)cc4)cc3)cc1)c1ccccc12. The van der Waals surface area contributed by atoms with Crippen LogP contribution >= 0.6 is 11.3 Å². The molecule has 0 atom stereocenters. The van der Waals surface area contributed by atoms with Crippen molar-refractivity contribution in [3.63, 3.8) is 0 Å². The highest BCUT2D eigenvalue weighted by Crippen LogP contribution is 2.41. The zero-order chi connectivity index (χ0) is 38.2. The fourth-order valence-electron chi connectivity index (χ4n) is 9.19. The summed E-state index contributed by atoms with van der Waals surface area (Å²) in [7, 11) is 0. The van der Waals surface area contributed by atoms with Gasteiger partial charge in [-0.25, -0.2) is 0 Å². The van der Waals surface area contributed by atoms with Crippen molar-refractivity contribution < 1.29 is 0 Å². The van der Waals surface area contributed by atoms with E-state index >= 15 is 0 Å². The number of benzene rings is 10. The molecule has 0 aliphatic carbocycles. The molecule has 12 aromatic rings. The number of hydrogen-bond donors (Lipinski definition) is 0. The first-order chi connectivity index (χ1) is 28.7. The first kappa shape index (κ1) is 32.9. The van der Waals surface area contributed by atoms with Gasteiger partial charge in [0, 0.05) is 36.6 Å². The second-order valence-corrected chi connectivity index (χ2v) is 16.3. The van der Waals surface area contributed by atoms with Crippen LogP contribution in [0.15, 0.2) is 212 Å². The monoisotopic (exact) mass is 753 g/mol. The van der Waals surface area contributed by atoms with Crippen molar-refractivity contribution in [2.45, 2.75) is 0 Å². The second-order valence-electron chi connectivity index (χ2n) is 15.3. The van der Waals surface area contributed by atoms with Crippen molar-refractivity contribution >= 4 is 74.9 Å². The summed E-state index contributed by atoms with van der Waals surface area (Å²) in [5.74, 6) is 0. The lowest BCUT2D eigenvalue weighted by Crippen LogP contribution is -1.93. The summed E-state index contributed by atoms with van der Waals surface area (Å²) in [5, 5.41) is 10.3. The number of nitrogens with zero attached hydrogens (tertiary/aromatic N) is 1. The Hall–Kier alpha value is -7.26. The van der Waals surface area contributed by atoms with Gasteiger partial charge in [0.1, 0.15) is 0 Å². The summed E-state index contributed by atoms with van der Waals surface area (Å²) >= 11 is 1.88. The molecule has 0 aliphatic heterocycles. The van der Waals surface area contributed by atoms with Crippen LogP contribution in [0, 0.1) is 0 Å². The Kier molecular flexibility index (Phi) is 7.47. The van der Waals surface area contributed by atoms with Gasteiger partial charge in [-0.2, -0.15) is 0 Å². The molecule has 58 heavy (non-hydrogen) atoms. The molecule has 0 radical (unpaired) electrons. The first-order valence-electron chi connectivity index (χ1n) is 19.9. The summed E-state index contributed by atoms with van der Waals surface area (Å²) < 4.78 is 5.09. The molecule has 0 fully saturated rings. The number of rotatable bonds is 5. The summed E-state index contributed by atoms with van der Waals surface area (Å²) in [5.41, 5.74) is 13.5. The van der Waals surface area contributed by atoms with Crippen LogP contribution in [0.1, 0.15) is 0 Å². The van der Waals surface area contributed by atoms with E-state index in [1.807, 2.05) is 11.3 Å². The van der Waals surface area contributed by atoms with E-state index in [1.54, 1.807) is 0 Å². The molecule has 0 saturated heterocycles. The van der Waals surface area contributed by atoms with Gasteiger partial charge >= 0.3 is 0 Å². The summed E-state index contributed by atoms with van der Waals surface area (Å²) in [4.78, 5) is 0. The molecule has 2 aromatic heterocycles. The van der Waals surface area contributed by atoms with Crippen molar-refractivity contribution in [1.82, 2.24) is 4.57 Å². The summed E-state index contributed by atoms with van der Waals surface area (Å²) in [6.45, 7) is 0. The van der Waals surface area contributed by atoms with Gasteiger partial charge in [0.25, 0.3) is 0 Å². The first-order valence-corrected chi connectivity index (χ1v) is 20.7. The average molecular weight is 754 g/mol. The standard InChI is InChI=1S/C56H35NS/c1-2-11-44-42(10-1)35-51(47-13-4-3-12-46(44)47)40-26-22-38(23-27-40)41-30-33-54-52(34-41)48-14-5-7-18-53(48)57(54)43-31-28-37(29-32-43)36-20-24-39(25-21-36)45-16-9-17-50-49-15-6-8-19-55(49)58-56(45)50/h1-35H. The molecule has 10 aromatic carbocycles. The Morgan fingerprint density at radius 1 is 0.293 bits per heavy atom. The molecule has 1 nitrogen and oxygen atoms in total. The fraction of sp³-hybridized carbons (Fsp3) is 0. The van der Waals surface area contributed by atoms with Crippen LogP contribution in [-0.4, -0.2) is 4.57 Å². The molecule has 2 heteroatoms. The van der Waals surface area contributed by atoms with Crippen LogP contribution in [-0.2, 0) is 0 Å². The number of hydrogen-bond acceptors (Lipinski definition) is 1. The molecule has 0 N–H and O–H groups in total. The number of para-hydroxylation sites is 1. The van der Waals surface area contributed by atoms with E-state index in [4.69, 9.17) is 0 Å². The Morgan fingerprint density at radius 2 is 0.828 bits per heavy atom. The topological polar surface area (TPSA) is 4.93 Å². The molecule has 0 amide bonds. The minimum absolute atomic E-state index is 1.16. The fourth-order valence-corrected chi connectivity index (χ4v) is 10.4.